The molecular weight excluding hydrogens is 286 g/mol. The average molecular weight is 302 g/mol. The van der Waals surface area contributed by atoms with Crippen molar-refractivity contribution in [1.82, 2.24) is 4.31 Å². The SMILES string of the molecule is CC(C)c1ccc(C2(C)CC(=O)N2S(=O)(=O)Cl)cc1. The zero-order valence-corrected chi connectivity index (χ0v) is 12.6. The van der Waals surface area contributed by atoms with E-state index in [0.717, 1.165) is 9.87 Å². The van der Waals surface area contributed by atoms with Gasteiger partial charge in [-0.2, -0.15) is 8.42 Å². The summed E-state index contributed by atoms with van der Waals surface area (Å²) in [5, 5.41) is 0. The molecule has 0 N–H and O–H groups in total. The number of carbonyl (C=O) groups excluding carboxylic acids is 1. The molecule has 0 aliphatic carbocycles. The Morgan fingerprint density at radius 3 is 2.16 bits per heavy atom. The van der Waals surface area contributed by atoms with Gasteiger partial charge in [-0.15, -0.1) is 0 Å². The highest BCUT2D eigenvalue weighted by atomic mass is 35.7. The van der Waals surface area contributed by atoms with Crippen LogP contribution in [0.5, 0.6) is 0 Å². The first-order chi connectivity index (χ1) is 8.66. The molecule has 0 saturated carbocycles. The summed E-state index contributed by atoms with van der Waals surface area (Å²) in [6.07, 6.45) is 0.153. The summed E-state index contributed by atoms with van der Waals surface area (Å²) in [7, 11) is 1.28. The maximum Gasteiger partial charge on any atom is 0.324 e. The molecule has 1 amide bonds. The van der Waals surface area contributed by atoms with Crippen molar-refractivity contribution < 1.29 is 13.2 Å². The molecule has 1 aromatic rings. The monoisotopic (exact) mass is 301 g/mol. The molecule has 1 heterocycles. The normalized spacial score (nSPS) is 23.6. The minimum Gasteiger partial charge on any atom is -0.274 e. The van der Waals surface area contributed by atoms with Crippen molar-refractivity contribution in [1.29, 1.82) is 0 Å². The molecule has 6 heteroatoms. The summed E-state index contributed by atoms with van der Waals surface area (Å²) in [5.74, 6) is -0.0665. The smallest absolute Gasteiger partial charge is 0.274 e. The first-order valence-corrected chi connectivity index (χ1v) is 8.31. The van der Waals surface area contributed by atoms with E-state index in [1.54, 1.807) is 6.92 Å². The number of amides is 1. The van der Waals surface area contributed by atoms with Crippen LogP contribution >= 0.6 is 10.7 Å². The molecule has 0 spiro atoms. The van der Waals surface area contributed by atoms with Gasteiger partial charge in [0, 0.05) is 10.7 Å². The lowest BCUT2D eigenvalue weighted by molar-refractivity contribution is -0.144. The largest absolute Gasteiger partial charge is 0.324 e. The minimum atomic E-state index is -4.04. The lowest BCUT2D eigenvalue weighted by Gasteiger charge is -2.47. The highest BCUT2D eigenvalue weighted by molar-refractivity contribution is 8.12. The van der Waals surface area contributed by atoms with Crippen molar-refractivity contribution in [3.8, 4) is 0 Å². The van der Waals surface area contributed by atoms with Crippen LogP contribution in [-0.2, 0) is 19.6 Å². The third-order valence-corrected chi connectivity index (χ3v) is 5.04. The molecule has 1 aliphatic rings. The van der Waals surface area contributed by atoms with Gasteiger partial charge >= 0.3 is 9.24 Å². The highest BCUT2D eigenvalue weighted by Gasteiger charge is 2.54. The quantitative estimate of drug-likeness (QED) is 0.637. The van der Waals surface area contributed by atoms with E-state index in [-0.39, 0.29) is 6.42 Å². The fraction of sp³-hybridized carbons (Fsp3) is 0.462. The molecule has 0 aromatic heterocycles. The molecule has 104 valence electrons. The Morgan fingerprint density at radius 1 is 1.26 bits per heavy atom. The summed E-state index contributed by atoms with van der Waals surface area (Å²) < 4.78 is 23.7. The number of hydrogen-bond donors (Lipinski definition) is 0. The van der Waals surface area contributed by atoms with Gasteiger partial charge in [0.2, 0.25) is 5.91 Å². The van der Waals surface area contributed by atoms with Crippen LogP contribution in [0.1, 0.15) is 44.2 Å². The molecule has 2 rings (SSSR count). The van der Waals surface area contributed by atoms with Gasteiger partial charge in [0.15, 0.2) is 0 Å². The van der Waals surface area contributed by atoms with E-state index >= 15 is 0 Å². The molecule has 1 aliphatic heterocycles. The lowest BCUT2D eigenvalue weighted by atomic mass is 9.81. The molecular formula is C13H16ClNO3S. The fourth-order valence-corrected chi connectivity index (χ4v) is 4.08. The fourth-order valence-electron chi connectivity index (χ4n) is 2.43. The van der Waals surface area contributed by atoms with Crippen LogP contribution in [0.4, 0.5) is 0 Å². The molecule has 0 bridgehead atoms. The Bertz CT molecular complexity index is 609. The number of carbonyl (C=O) groups is 1. The van der Waals surface area contributed by atoms with E-state index in [9.17, 15) is 13.2 Å². The maximum atomic E-state index is 11.5. The second-order valence-electron chi connectivity index (χ2n) is 5.33. The summed E-state index contributed by atoms with van der Waals surface area (Å²) in [6.45, 7) is 5.87. The van der Waals surface area contributed by atoms with Gasteiger partial charge in [-0.1, -0.05) is 38.1 Å². The average Bonchev–Trinajstić information content (AvgIpc) is 2.25. The Kier molecular flexibility index (Phi) is 3.39. The van der Waals surface area contributed by atoms with Gasteiger partial charge < -0.3 is 0 Å². The Hall–Kier alpha value is -1.07. The zero-order chi connectivity index (χ0) is 14.4. The van der Waals surface area contributed by atoms with E-state index in [1.807, 2.05) is 24.3 Å². The van der Waals surface area contributed by atoms with Crippen molar-refractivity contribution in [3.63, 3.8) is 0 Å². The van der Waals surface area contributed by atoms with Gasteiger partial charge in [0.05, 0.1) is 12.0 Å². The molecule has 1 saturated heterocycles. The van der Waals surface area contributed by atoms with Gasteiger partial charge in [0.1, 0.15) is 0 Å². The predicted molar refractivity (Wildman–Crippen MR) is 74.1 cm³/mol. The van der Waals surface area contributed by atoms with Gasteiger partial charge in [0.25, 0.3) is 0 Å². The van der Waals surface area contributed by atoms with Crippen LogP contribution < -0.4 is 0 Å². The number of benzene rings is 1. The van der Waals surface area contributed by atoms with Crippen LogP contribution in [-0.4, -0.2) is 18.6 Å². The van der Waals surface area contributed by atoms with E-state index in [1.165, 1.54) is 5.56 Å². The molecule has 1 atom stereocenters. The standard InChI is InChI=1S/C13H16ClNO3S/c1-9(2)10-4-6-11(7-5-10)13(3)8-12(16)15(13)19(14,17)18/h4-7,9H,8H2,1-3H3. The van der Waals surface area contributed by atoms with Crippen molar-refractivity contribution in [3.05, 3.63) is 35.4 Å². The maximum absolute atomic E-state index is 11.5. The van der Waals surface area contributed by atoms with E-state index in [0.29, 0.717) is 5.92 Å². The number of halogens is 1. The van der Waals surface area contributed by atoms with Crippen molar-refractivity contribution in [2.24, 2.45) is 0 Å². The molecule has 1 unspecified atom stereocenters. The Labute approximate surface area is 117 Å². The molecule has 1 fully saturated rings. The minimum absolute atomic E-state index is 0.153. The molecule has 4 nitrogen and oxygen atoms in total. The van der Waals surface area contributed by atoms with Crippen LogP contribution in [0, 0.1) is 0 Å². The first kappa shape index (κ1) is 14.3. The van der Waals surface area contributed by atoms with Crippen molar-refractivity contribution >= 4 is 25.8 Å². The Balaban J connectivity index is 2.38. The van der Waals surface area contributed by atoms with E-state index < -0.39 is 20.7 Å². The summed E-state index contributed by atoms with van der Waals surface area (Å²) in [5.41, 5.74) is 1.08. The predicted octanol–water partition coefficient (Wildman–Crippen LogP) is 2.74. The second-order valence-corrected chi connectivity index (χ2v) is 7.69. The number of β-lactam (4-membered cyclic amide) rings is 1. The summed E-state index contributed by atoms with van der Waals surface area (Å²) in [4.78, 5) is 11.5. The van der Waals surface area contributed by atoms with Crippen LogP contribution in [0.2, 0.25) is 0 Å². The summed E-state index contributed by atoms with van der Waals surface area (Å²) >= 11 is 0. The third-order valence-electron chi connectivity index (χ3n) is 3.59. The van der Waals surface area contributed by atoms with Gasteiger partial charge in [-0.05, 0) is 24.0 Å². The van der Waals surface area contributed by atoms with E-state index in [2.05, 4.69) is 13.8 Å². The third kappa shape index (κ3) is 2.37. The highest BCUT2D eigenvalue weighted by Crippen LogP contribution is 2.44. The number of hydrogen-bond acceptors (Lipinski definition) is 3. The van der Waals surface area contributed by atoms with Crippen LogP contribution in [0.25, 0.3) is 0 Å². The lowest BCUT2D eigenvalue weighted by Crippen LogP contribution is -2.60. The van der Waals surface area contributed by atoms with E-state index in [4.69, 9.17) is 10.7 Å². The van der Waals surface area contributed by atoms with Crippen molar-refractivity contribution in [2.45, 2.75) is 38.6 Å². The summed E-state index contributed by atoms with van der Waals surface area (Å²) in [6, 6.07) is 7.62. The van der Waals surface area contributed by atoms with Gasteiger partial charge in [-0.25, -0.2) is 4.31 Å². The number of rotatable bonds is 3. The van der Waals surface area contributed by atoms with Gasteiger partial charge in [-0.3, -0.25) is 4.79 Å². The second kappa shape index (κ2) is 4.49. The van der Waals surface area contributed by atoms with Crippen LogP contribution in [0.15, 0.2) is 24.3 Å². The molecule has 0 radical (unpaired) electrons. The molecule has 19 heavy (non-hydrogen) atoms. The number of nitrogens with zero attached hydrogens (tertiary/aromatic N) is 1. The first-order valence-electron chi connectivity index (χ1n) is 6.04. The Morgan fingerprint density at radius 2 is 1.79 bits per heavy atom. The zero-order valence-electron chi connectivity index (χ0n) is 11.1. The van der Waals surface area contributed by atoms with Crippen molar-refractivity contribution in [2.75, 3.05) is 0 Å². The topological polar surface area (TPSA) is 54.5 Å². The molecule has 1 aromatic carbocycles. The van der Waals surface area contributed by atoms with Crippen LogP contribution in [0.3, 0.4) is 0 Å².